The van der Waals surface area contributed by atoms with Crippen LogP contribution >= 0.6 is 11.6 Å². The Balaban J connectivity index is 1.58. The first-order valence-electron chi connectivity index (χ1n) is 7.67. The molecule has 2 amide bonds. The van der Waals surface area contributed by atoms with Crippen LogP contribution in [0.5, 0.6) is 0 Å². The monoisotopic (exact) mass is 354 g/mol. The second-order valence-electron chi connectivity index (χ2n) is 5.25. The maximum absolute atomic E-state index is 12.4. The summed E-state index contributed by atoms with van der Waals surface area (Å²) in [5.74, 6) is -0.530. The number of amides is 2. The third-order valence-corrected chi connectivity index (χ3v) is 3.78. The van der Waals surface area contributed by atoms with Crippen molar-refractivity contribution in [3.63, 3.8) is 0 Å². The summed E-state index contributed by atoms with van der Waals surface area (Å²) in [4.78, 5) is 32.4. The first kappa shape index (κ1) is 16.9. The van der Waals surface area contributed by atoms with Crippen LogP contribution in [-0.2, 0) is 0 Å². The van der Waals surface area contributed by atoms with Gasteiger partial charge in [-0.3, -0.25) is 19.6 Å². The van der Waals surface area contributed by atoms with Crippen LogP contribution in [0.25, 0.3) is 10.9 Å². The van der Waals surface area contributed by atoms with Gasteiger partial charge >= 0.3 is 0 Å². The maximum atomic E-state index is 12.4. The molecule has 2 aromatic heterocycles. The molecule has 0 bridgehead atoms. The summed E-state index contributed by atoms with van der Waals surface area (Å²) in [5, 5.41) is 6.70. The summed E-state index contributed by atoms with van der Waals surface area (Å²) in [7, 11) is 0. The second kappa shape index (κ2) is 7.72. The molecule has 0 fully saturated rings. The fourth-order valence-corrected chi connectivity index (χ4v) is 2.52. The molecule has 126 valence electrons. The van der Waals surface area contributed by atoms with E-state index in [0.717, 1.165) is 0 Å². The van der Waals surface area contributed by atoms with E-state index in [4.69, 9.17) is 11.6 Å². The number of carbonyl (C=O) groups is 2. The van der Waals surface area contributed by atoms with Crippen molar-refractivity contribution in [1.82, 2.24) is 20.6 Å². The quantitative estimate of drug-likeness (QED) is 0.689. The van der Waals surface area contributed by atoms with Gasteiger partial charge in [-0.2, -0.15) is 0 Å². The summed E-state index contributed by atoms with van der Waals surface area (Å²) in [6.45, 7) is 0.590. The molecule has 0 saturated heterocycles. The van der Waals surface area contributed by atoms with Gasteiger partial charge < -0.3 is 10.6 Å². The molecule has 7 heteroatoms. The second-order valence-corrected chi connectivity index (χ2v) is 5.68. The van der Waals surface area contributed by atoms with Gasteiger partial charge in [0, 0.05) is 35.9 Å². The van der Waals surface area contributed by atoms with Gasteiger partial charge in [-0.05, 0) is 36.4 Å². The molecule has 0 aliphatic rings. The molecule has 2 N–H and O–H groups in total. The van der Waals surface area contributed by atoms with E-state index in [0.29, 0.717) is 40.3 Å². The molecule has 0 unspecified atom stereocenters. The minimum Gasteiger partial charge on any atom is -0.350 e. The lowest BCUT2D eigenvalue weighted by atomic mass is 10.1. The van der Waals surface area contributed by atoms with Crippen molar-refractivity contribution in [3.05, 3.63) is 71.1 Å². The first-order chi connectivity index (χ1) is 12.1. The Kier molecular flexibility index (Phi) is 5.20. The molecule has 0 aliphatic heterocycles. The molecule has 6 nitrogen and oxygen atoms in total. The van der Waals surface area contributed by atoms with Crippen molar-refractivity contribution in [2.24, 2.45) is 0 Å². The van der Waals surface area contributed by atoms with Crippen molar-refractivity contribution in [1.29, 1.82) is 0 Å². The molecule has 0 aliphatic carbocycles. The van der Waals surface area contributed by atoms with Crippen LogP contribution in [0, 0.1) is 0 Å². The van der Waals surface area contributed by atoms with E-state index in [9.17, 15) is 9.59 Å². The average molecular weight is 355 g/mol. The third kappa shape index (κ3) is 4.10. The van der Waals surface area contributed by atoms with Gasteiger partial charge in [0.2, 0.25) is 0 Å². The minimum atomic E-state index is -0.281. The lowest BCUT2D eigenvalue weighted by Gasteiger charge is -2.09. The Morgan fingerprint density at radius 1 is 0.920 bits per heavy atom. The Morgan fingerprint density at radius 2 is 1.72 bits per heavy atom. The SMILES string of the molecule is O=C(NCCNC(=O)c1ccnc2ccc(Cl)cc12)c1ccccn1. The summed E-state index contributed by atoms with van der Waals surface area (Å²) in [6, 6.07) is 11.9. The van der Waals surface area contributed by atoms with Crippen LogP contribution in [0.4, 0.5) is 0 Å². The lowest BCUT2D eigenvalue weighted by Crippen LogP contribution is -2.35. The van der Waals surface area contributed by atoms with Crippen molar-refractivity contribution >= 4 is 34.3 Å². The van der Waals surface area contributed by atoms with E-state index in [-0.39, 0.29) is 11.8 Å². The predicted molar refractivity (Wildman–Crippen MR) is 95.7 cm³/mol. The van der Waals surface area contributed by atoms with Crippen LogP contribution in [0.2, 0.25) is 5.02 Å². The topological polar surface area (TPSA) is 84.0 Å². The van der Waals surface area contributed by atoms with E-state index in [1.807, 2.05) is 0 Å². The Morgan fingerprint density at radius 3 is 2.48 bits per heavy atom. The zero-order valence-electron chi connectivity index (χ0n) is 13.2. The molecule has 1 aromatic carbocycles. The van der Waals surface area contributed by atoms with E-state index >= 15 is 0 Å². The van der Waals surface area contributed by atoms with Gasteiger partial charge in [0.1, 0.15) is 5.69 Å². The number of hydrogen-bond donors (Lipinski definition) is 2. The molecular weight excluding hydrogens is 340 g/mol. The van der Waals surface area contributed by atoms with Crippen molar-refractivity contribution < 1.29 is 9.59 Å². The summed E-state index contributed by atoms with van der Waals surface area (Å²) in [5.41, 5.74) is 1.52. The Bertz CT molecular complexity index is 915. The maximum Gasteiger partial charge on any atom is 0.269 e. The normalized spacial score (nSPS) is 10.4. The van der Waals surface area contributed by atoms with E-state index in [2.05, 4.69) is 20.6 Å². The van der Waals surface area contributed by atoms with Crippen LogP contribution in [-0.4, -0.2) is 34.9 Å². The van der Waals surface area contributed by atoms with Crippen LogP contribution in [0.15, 0.2) is 54.9 Å². The number of hydrogen-bond acceptors (Lipinski definition) is 4. The Labute approximate surface area is 149 Å². The highest BCUT2D eigenvalue weighted by Gasteiger charge is 2.11. The van der Waals surface area contributed by atoms with Gasteiger partial charge in [0.15, 0.2) is 0 Å². The number of rotatable bonds is 5. The molecule has 2 heterocycles. The third-order valence-electron chi connectivity index (χ3n) is 3.54. The number of carbonyl (C=O) groups excluding carboxylic acids is 2. The zero-order chi connectivity index (χ0) is 17.6. The van der Waals surface area contributed by atoms with Crippen molar-refractivity contribution in [2.45, 2.75) is 0 Å². The van der Waals surface area contributed by atoms with Crippen LogP contribution in [0.3, 0.4) is 0 Å². The van der Waals surface area contributed by atoms with E-state index in [1.54, 1.807) is 54.9 Å². The van der Waals surface area contributed by atoms with E-state index < -0.39 is 0 Å². The largest absolute Gasteiger partial charge is 0.350 e. The smallest absolute Gasteiger partial charge is 0.269 e. The number of fused-ring (bicyclic) bond motifs is 1. The van der Waals surface area contributed by atoms with Gasteiger partial charge in [0.05, 0.1) is 11.1 Å². The highest BCUT2D eigenvalue weighted by atomic mass is 35.5. The molecule has 3 rings (SSSR count). The van der Waals surface area contributed by atoms with Gasteiger partial charge in [-0.15, -0.1) is 0 Å². The molecule has 0 spiro atoms. The number of pyridine rings is 2. The lowest BCUT2D eigenvalue weighted by molar-refractivity contribution is 0.0926. The Hall–Kier alpha value is -2.99. The minimum absolute atomic E-state index is 0.248. The average Bonchev–Trinajstić information content (AvgIpc) is 2.65. The predicted octanol–water partition coefficient (Wildman–Crippen LogP) is 2.44. The standard InChI is InChI=1S/C18H15ClN4O2/c19-12-4-5-15-14(11-12)13(6-8-21-15)17(24)22-9-10-23-18(25)16-3-1-2-7-20-16/h1-8,11H,9-10H2,(H,22,24)(H,23,25). The molecule has 3 aromatic rings. The zero-order valence-corrected chi connectivity index (χ0v) is 14.0. The number of nitrogens with zero attached hydrogens (tertiary/aromatic N) is 2. The molecule has 0 atom stereocenters. The van der Waals surface area contributed by atoms with E-state index in [1.165, 1.54) is 0 Å². The summed E-state index contributed by atoms with van der Waals surface area (Å²) in [6.07, 6.45) is 3.13. The van der Waals surface area contributed by atoms with Gasteiger partial charge in [-0.1, -0.05) is 17.7 Å². The molecule has 0 radical (unpaired) electrons. The number of benzene rings is 1. The molecular formula is C18H15ClN4O2. The summed E-state index contributed by atoms with van der Waals surface area (Å²) < 4.78 is 0. The molecule has 0 saturated carbocycles. The molecule has 25 heavy (non-hydrogen) atoms. The summed E-state index contributed by atoms with van der Waals surface area (Å²) >= 11 is 6.00. The number of halogens is 1. The van der Waals surface area contributed by atoms with Gasteiger partial charge in [-0.25, -0.2) is 0 Å². The fourth-order valence-electron chi connectivity index (χ4n) is 2.35. The fraction of sp³-hybridized carbons (Fsp3) is 0.111. The number of nitrogens with one attached hydrogen (secondary N) is 2. The van der Waals surface area contributed by atoms with Gasteiger partial charge in [0.25, 0.3) is 11.8 Å². The van der Waals surface area contributed by atoms with Crippen molar-refractivity contribution in [3.8, 4) is 0 Å². The first-order valence-corrected chi connectivity index (χ1v) is 8.04. The van der Waals surface area contributed by atoms with Crippen LogP contribution in [0.1, 0.15) is 20.8 Å². The van der Waals surface area contributed by atoms with Crippen LogP contribution < -0.4 is 10.6 Å². The van der Waals surface area contributed by atoms with Crippen molar-refractivity contribution in [2.75, 3.05) is 13.1 Å². The highest BCUT2D eigenvalue weighted by molar-refractivity contribution is 6.31. The number of aromatic nitrogens is 2. The highest BCUT2D eigenvalue weighted by Crippen LogP contribution is 2.21.